The molecule has 2 aromatic heterocycles. The molecular weight excluding hydrogens is 398 g/mol. The number of amides is 1. The predicted molar refractivity (Wildman–Crippen MR) is 120 cm³/mol. The second kappa shape index (κ2) is 9.38. The van der Waals surface area contributed by atoms with E-state index in [9.17, 15) is 4.79 Å². The highest BCUT2D eigenvalue weighted by Gasteiger charge is 2.21. The van der Waals surface area contributed by atoms with Crippen LogP contribution in [0.1, 0.15) is 33.1 Å². The third-order valence-electron chi connectivity index (χ3n) is 5.28. The van der Waals surface area contributed by atoms with Gasteiger partial charge in [-0.25, -0.2) is 0 Å². The average molecular weight is 426 g/mol. The molecule has 3 aromatic rings. The van der Waals surface area contributed by atoms with Crippen LogP contribution in [0.5, 0.6) is 0 Å². The normalized spacial score (nSPS) is 15.2. The van der Waals surface area contributed by atoms with Crippen molar-refractivity contribution in [2.45, 2.75) is 50.1 Å². The lowest BCUT2D eigenvalue weighted by molar-refractivity contribution is -0.115. The molecule has 30 heavy (non-hydrogen) atoms. The summed E-state index contributed by atoms with van der Waals surface area (Å²) in [4.78, 5) is 15.1. The first-order valence-corrected chi connectivity index (χ1v) is 11.3. The van der Waals surface area contributed by atoms with Gasteiger partial charge in [-0.05, 0) is 69.5 Å². The first-order valence-electron chi connectivity index (χ1n) is 10.5. The molecule has 1 amide bonds. The zero-order chi connectivity index (χ0) is 20.9. The highest BCUT2D eigenvalue weighted by molar-refractivity contribution is 8.00. The Morgan fingerprint density at radius 3 is 2.60 bits per heavy atom. The van der Waals surface area contributed by atoms with E-state index >= 15 is 0 Å². The molecule has 0 bridgehead atoms. The summed E-state index contributed by atoms with van der Waals surface area (Å²) in [7, 11) is 0. The van der Waals surface area contributed by atoms with Gasteiger partial charge in [0, 0.05) is 31.0 Å². The topological polar surface area (TPSA) is 76.2 Å². The van der Waals surface area contributed by atoms with Gasteiger partial charge < -0.3 is 14.6 Å². The van der Waals surface area contributed by atoms with Crippen LogP contribution < -0.4 is 10.2 Å². The maximum absolute atomic E-state index is 12.7. The van der Waals surface area contributed by atoms with Gasteiger partial charge in [0.25, 0.3) is 0 Å². The van der Waals surface area contributed by atoms with E-state index in [1.165, 1.54) is 36.7 Å². The molecule has 1 unspecified atom stereocenters. The number of aromatic nitrogens is 3. The van der Waals surface area contributed by atoms with Gasteiger partial charge in [0.05, 0.1) is 11.5 Å². The number of carbonyl (C=O) groups excluding carboxylic acids is 1. The van der Waals surface area contributed by atoms with Crippen LogP contribution in [0.15, 0.2) is 52.2 Å². The third kappa shape index (κ3) is 4.53. The van der Waals surface area contributed by atoms with Crippen LogP contribution in [-0.4, -0.2) is 39.0 Å². The number of hydrogen-bond donors (Lipinski definition) is 1. The minimum absolute atomic E-state index is 0.0593. The molecule has 1 atom stereocenters. The summed E-state index contributed by atoms with van der Waals surface area (Å²) in [5, 5.41) is 11.9. The van der Waals surface area contributed by atoms with Gasteiger partial charge in [-0.2, -0.15) is 0 Å². The molecule has 4 rings (SSSR count). The molecule has 0 radical (unpaired) electrons. The van der Waals surface area contributed by atoms with Gasteiger partial charge >= 0.3 is 0 Å². The van der Waals surface area contributed by atoms with Crippen molar-refractivity contribution in [1.82, 2.24) is 14.8 Å². The molecule has 1 aliphatic rings. The van der Waals surface area contributed by atoms with Crippen molar-refractivity contribution in [3.63, 3.8) is 0 Å². The Hall–Kier alpha value is -2.74. The van der Waals surface area contributed by atoms with E-state index in [1.807, 2.05) is 42.7 Å². The number of thioether (sulfide) groups is 1. The molecule has 3 heterocycles. The van der Waals surface area contributed by atoms with E-state index in [2.05, 4.69) is 32.5 Å². The van der Waals surface area contributed by atoms with Crippen LogP contribution >= 0.6 is 11.8 Å². The lowest BCUT2D eigenvalue weighted by atomic mass is 10.1. The molecule has 7 nitrogen and oxygen atoms in total. The lowest BCUT2D eigenvalue weighted by Gasteiger charge is -2.28. The molecule has 158 valence electrons. The largest absolute Gasteiger partial charge is 0.461 e. The molecule has 1 fully saturated rings. The fraction of sp³-hybridized carbons (Fsp3) is 0.409. The zero-order valence-electron chi connectivity index (χ0n) is 17.4. The van der Waals surface area contributed by atoms with Crippen molar-refractivity contribution < 1.29 is 9.21 Å². The highest BCUT2D eigenvalue weighted by atomic mass is 32.2. The zero-order valence-corrected chi connectivity index (χ0v) is 18.2. The molecule has 1 aliphatic heterocycles. The first kappa shape index (κ1) is 20.5. The SMILES string of the molecule is CCn1c(SC(C)C(=O)Nc2ccc(N3CCCCC3)cc2)nnc1-c1ccco1. The maximum Gasteiger partial charge on any atom is 0.237 e. The summed E-state index contributed by atoms with van der Waals surface area (Å²) < 4.78 is 7.40. The van der Waals surface area contributed by atoms with E-state index < -0.39 is 0 Å². The first-order chi connectivity index (χ1) is 14.7. The predicted octanol–water partition coefficient (Wildman–Crippen LogP) is 4.67. The monoisotopic (exact) mass is 425 g/mol. The number of nitrogens with zero attached hydrogens (tertiary/aromatic N) is 4. The fourth-order valence-corrected chi connectivity index (χ4v) is 4.53. The van der Waals surface area contributed by atoms with Crippen molar-refractivity contribution >= 4 is 29.0 Å². The van der Waals surface area contributed by atoms with Gasteiger partial charge in [0.1, 0.15) is 0 Å². The average Bonchev–Trinajstić information content (AvgIpc) is 3.44. The highest BCUT2D eigenvalue weighted by Crippen LogP contribution is 2.28. The molecule has 1 N–H and O–H groups in total. The van der Waals surface area contributed by atoms with Crippen LogP contribution in [0.25, 0.3) is 11.6 Å². The molecular formula is C22H27N5O2S. The Kier molecular flexibility index (Phi) is 6.42. The van der Waals surface area contributed by atoms with Crippen molar-refractivity contribution in [3.05, 3.63) is 42.7 Å². The number of anilines is 2. The van der Waals surface area contributed by atoms with Crippen molar-refractivity contribution in [1.29, 1.82) is 0 Å². The van der Waals surface area contributed by atoms with E-state index in [4.69, 9.17) is 4.42 Å². The number of nitrogens with one attached hydrogen (secondary N) is 1. The number of carbonyl (C=O) groups is 1. The molecule has 1 saturated heterocycles. The van der Waals surface area contributed by atoms with E-state index in [0.29, 0.717) is 23.3 Å². The molecule has 8 heteroatoms. The number of benzene rings is 1. The number of furan rings is 1. The Morgan fingerprint density at radius 2 is 1.93 bits per heavy atom. The summed E-state index contributed by atoms with van der Waals surface area (Å²) in [6.07, 6.45) is 5.42. The minimum Gasteiger partial charge on any atom is -0.461 e. The van der Waals surface area contributed by atoms with Crippen LogP contribution in [0.3, 0.4) is 0 Å². The van der Waals surface area contributed by atoms with Gasteiger partial charge in [0.2, 0.25) is 5.91 Å². The van der Waals surface area contributed by atoms with Crippen molar-refractivity contribution in [2.75, 3.05) is 23.3 Å². The molecule has 0 aliphatic carbocycles. The quantitative estimate of drug-likeness (QED) is 0.555. The number of rotatable bonds is 7. The second-order valence-electron chi connectivity index (χ2n) is 7.37. The Bertz CT molecular complexity index is 962. The fourth-order valence-electron chi connectivity index (χ4n) is 3.61. The standard InChI is InChI=1S/C22H27N5O2S/c1-3-27-20(19-8-7-15-29-19)24-25-22(27)30-16(2)21(28)23-17-9-11-18(12-10-17)26-13-5-4-6-14-26/h7-12,15-16H,3-6,13-14H2,1-2H3,(H,23,28). The Labute approximate surface area is 180 Å². The maximum atomic E-state index is 12.7. The Morgan fingerprint density at radius 1 is 1.17 bits per heavy atom. The smallest absolute Gasteiger partial charge is 0.237 e. The van der Waals surface area contributed by atoms with E-state index in [-0.39, 0.29) is 11.2 Å². The summed E-state index contributed by atoms with van der Waals surface area (Å²) in [5.74, 6) is 1.28. The van der Waals surface area contributed by atoms with Gasteiger partial charge in [0.15, 0.2) is 16.7 Å². The van der Waals surface area contributed by atoms with Gasteiger partial charge in [-0.1, -0.05) is 11.8 Å². The summed E-state index contributed by atoms with van der Waals surface area (Å²) >= 11 is 1.39. The summed E-state index contributed by atoms with van der Waals surface area (Å²) in [6.45, 7) is 6.81. The van der Waals surface area contributed by atoms with Crippen LogP contribution in [0.4, 0.5) is 11.4 Å². The minimum atomic E-state index is -0.314. The van der Waals surface area contributed by atoms with Crippen LogP contribution in [0, 0.1) is 0 Å². The number of hydrogen-bond acceptors (Lipinski definition) is 6. The lowest BCUT2D eigenvalue weighted by Crippen LogP contribution is -2.29. The summed E-state index contributed by atoms with van der Waals surface area (Å²) in [5.41, 5.74) is 2.03. The van der Waals surface area contributed by atoms with Crippen molar-refractivity contribution in [3.8, 4) is 11.6 Å². The summed E-state index contributed by atoms with van der Waals surface area (Å²) in [6, 6.07) is 11.8. The van der Waals surface area contributed by atoms with E-state index in [1.54, 1.807) is 6.26 Å². The molecule has 0 spiro atoms. The van der Waals surface area contributed by atoms with Crippen LogP contribution in [-0.2, 0) is 11.3 Å². The van der Waals surface area contributed by atoms with Gasteiger partial charge in [-0.15, -0.1) is 10.2 Å². The number of piperidine rings is 1. The van der Waals surface area contributed by atoms with Crippen molar-refractivity contribution in [2.24, 2.45) is 0 Å². The third-order valence-corrected chi connectivity index (χ3v) is 6.36. The second-order valence-corrected chi connectivity index (χ2v) is 8.68. The Balaban J connectivity index is 1.38. The van der Waals surface area contributed by atoms with Gasteiger partial charge in [-0.3, -0.25) is 9.36 Å². The molecule has 0 saturated carbocycles. The van der Waals surface area contributed by atoms with Crippen LogP contribution in [0.2, 0.25) is 0 Å². The molecule has 1 aromatic carbocycles. The van der Waals surface area contributed by atoms with E-state index in [0.717, 1.165) is 18.8 Å².